The van der Waals surface area contributed by atoms with Crippen LogP contribution in [0.4, 0.5) is 23.2 Å². The molecule has 0 aliphatic rings. The van der Waals surface area contributed by atoms with Crippen LogP contribution in [-0.4, -0.2) is 8.42 Å². The third-order valence-corrected chi connectivity index (χ3v) is 3.59. The molecule has 3 N–H and O–H groups in total. The van der Waals surface area contributed by atoms with Crippen LogP contribution in [0.15, 0.2) is 36.4 Å². The molecule has 0 aliphatic heterocycles. The second-order valence-electron chi connectivity index (χ2n) is 4.87. The van der Waals surface area contributed by atoms with E-state index in [1.54, 1.807) is 6.92 Å². The normalized spacial score (nSPS) is 12.3. The standard InChI is InChI=1S/C14H12F4N2O2S/c1-8-6-9(3-5-13(8)20-23(19,21)22)10-2-4-11(12(15)7-10)14(16,17)18/h2-7,20H,1H3,(H2,19,21,22). The molecule has 2 aromatic rings. The first kappa shape index (κ1) is 17.2. The van der Waals surface area contributed by atoms with Crippen LogP contribution < -0.4 is 9.86 Å². The summed E-state index contributed by atoms with van der Waals surface area (Å²) in [4.78, 5) is 0. The molecule has 0 bridgehead atoms. The summed E-state index contributed by atoms with van der Waals surface area (Å²) in [6, 6.07) is 6.94. The Balaban J connectivity index is 2.40. The fourth-order valence-electron chi connectivity index (χ4n) is 2.04. The van der Waals surface area contributed by atoms with Crippen molar-refractivity contribution in [2.75, 3.05) is 4.72 Å². The molecule has 0 aromatic heterocycles. The first-order valence-corrected chi connectivity index (χ1v) is 7.80. The van der Waals surface area contributed by atoms with Gasteiger partial charge >= 0.3 is 6.18 Å². The number of aryl methyl sites for hydroxylation is 1. The molecule has 0 radical (unpaired) electrons. The number of rotatable bonds is 3. The van der Waals surface area contributed by atoms with Crippen molar-refractivity contribution in [2.45, 2.75) is 13.1 Å². The summed E-state index contributed by atoms with van der Waals surface area (Å²) in [6.07, 6.45) is -4.76. The van der Waals surface area contributed by atoms with E-state index in [9.17, 15) is 26.0 Å². The zero-order chi connectivity index (χ0) is 17.4. The van der Waals surface area contributed by atoms with Gasteiger partial charge in [0.25, 0.3) is 10.2 Å². The van der Waals surface area contributed by atoms with Crippen molar-refractivity contribution in [3.63, 3.8) is 0 Å². The molecule has 9 heteroatoms. The monoisotopic (exact) mass is 348 g/mol. The smallest absolute Gasteiger partial charge is 0.271 e. The van der Waals surface area contributed by atoms with Gasteiger partial charge in [0.2, 0.25) is 0 Å². The van der Waals surface area contributed by atoms with Gasteiger partial charge in [-0.2, -0.15) is 21.6 Å². The van der Waals surface area contributed by atoms with E-state index in [1.807, 2.05) is 0 Å². The number of nitrogens with one attached hydrogen (secondary N) is 1. The van der Waals surface area contributed by atoms with Crippen LogP contribution in [0.3, 0.4) is 0 Å². The molecular weight excluding hydrogens is 336 g/mol. The van der Waals surface area contributed by atoms with Gasteiger partial charge in [0.1, 0.15) is 5.82 Å². The predicted molar refractivity (Wildman–Crippen MR) is 78.3 cm³/mol. The minimum Gasteiger partial charge on any atom is -0.271 e. The Labute approximate surface area is 130 Å². The quantitative estimate of drug-likeness (QED) is 0.834. The molecule has 2 aromatic carbocycles. The summed E-state index contributed by atoms with van der Waals surface area (Å²) in [6.45, 7) is 1.58. The molecule has 124 valence electrons. The number of hydrogen-bond donors (Lipinski definition) is 2. The van der Waals surface area contributed by atoms with E-state index in [2.05, 4.69) is 4.72 Å². The summed E-state index contributed by atoms with van der Waals surface area (Å²) in [7, 11) is -3.94. The van der Waals surface area contributed by atoms with Crippen LogP contribution in [0.1, 0.15) is 11.1 Å². The maximum absolute atomic E-state index is 13.6. The van der Waals surface area contributed by atoms with Crippen LogP contribution in [0.25, 0.3) is 11.1 Å². The summed E-state index contributed by atoms with van der Waals surface area (Å²) >= 11 is 0. The lowest BCUT2D eigenvalue weighted by Gasteiger charge is -2.12. The van der Waals surface area contributed by atoms with Crippen molar-refractivity contribution in [1.29, 1.82) is 0 Å². The second kappa shape index (κ2) is 5.82. The van der Waals surface area contributed by atoms with Crippen molar-refractivity contribution in [3.05, 3.63) is 53.3 Å². The van der Waals surface area contributed by atoms with Gasteiger partial charge < -0.3 is 0 Å². The highest BCUT2D eigenvalue weighted by atomic mass is 32.2. The number of halogens is 4. The Bertz CT molecular complexity index is 848. The average molecular weight is 348 g/mol. The number of alkyl halides is 3. The third-order valence-electron chi connectivity index (χ3n) is 3.09. The molecule has 4 nitrogen and oxygen atoms in total. The van der Waals surface area contributed by atoms with Gasteiger partial charge in [0, 0.05) is 0 Å². The molecule has 23 heavy (non-hydrogen) atoms. The molecule has 0 fully saturated rings. The molecule has 2 rings (SSSR count). The topological polar surface area (TPSA) is 72.2 Å². The number of anilines is 1. The van der Waals surface area contributed by atoms with Crippen molar-refractivity contribution in [2.24, 2.45) is 5.14 Å². The number of benzene rings is 2. The molecule has 0 unspecified atom stereocenters. The van der Waals surface area contributed by atoms with E-state index in [4.69, 9.17) is 5.14 Å². The first-order chi connectivity index (χ1) is 10.5. The van der Waals surface area contributed by atoms with Crippen molar-refractivity contribution < 1.29 is 26.0 Å². The summed E-state index contributed by atoms with van der Waals surface area (Å²) in [5.74, 6) is -1.38. The Morgan fingerprint density at radius 2 is 1.61 bits per heavy atom. The second-order valence-corrected chi connectivity index (χ2v) is 6.16. The summed E-state index contributed by atoms with van der Waals surface area (Å²) in [5, 5.41) is 4.87. The lowest BCUT2D eigenvalue weighted by molar-refractivity contribution is -0.139. The van der Waals surface area contributed by atoms with Crippen molar-refractivity contribution in [1.82, 2.24) is 0 Å². The first-order valence-electron chi connectivity index (χ1n) is 6.26. The highest BCUT2D eigenvalue weighted by Crippen LogP contribution is 2.34. The van der Waals surface area contributed by atoms with Crippen LogP contribution in [0.2, 0.25) is 0 Å². The Hall–Kier alpha value is -2.13. The molecule has 0 atom stereocenters. The average Bonchev–Trinajstić information content (AvgIpc) is 2.38. The maximum Gasteiger partial charge on any atom is 0.419 e. The van der Waals surface area contributed by atoms with Crippen molar-refractivity contribution >= 4 is 15.9 Å². The molecule has 0 spiro atoms. The summed E-state index contributed by atoms with van der Waals surface area (Å²) < 4.78 is 75.3. The largest absolute Gasteiger partial charge is 0.419 e. The SMILES string of the molecule is Cc1cc(-c2ccc(C(F)(F)F)c(F)c2)ccc1NS(N)(=O)=O. The minimum atomic E-state index is -4.76. The predicted octanol–water partition coefficient (Wildman–Crippen LogP) is 3.44. The number of hydrogen-bond acceptors (Lipinski definition) is 2. The van der Waals surface area contributed by atoms with Gasteiger partial charge in [0.15, 0.2) is 0 Å². The zero-order valence-corrected chi connectivity index (χ0v) is 12.6. The van der Waals surface area contributed by atoms with Crippen LogP contribution in [-0.2, 0) is 16.4 Å². The molecular formula is C14H12F4N2O2S. The van der Waals surface area contributed by atoms with Gasteiger partial charge in [-0.3, -0.25) is 4.72 Å². The molecule has 0 saturated heterocycles. The minimum absolute atomic E-state index is 0.226. The van der Waals surface area contributed by atoms with Gasteiger partial charge in [-0.15, -0.1) is 0 Å². The van der Waals surface area contributed by atoms with Gasteiger partial charge in [-0.05, 0) is 47.9 Å². The Morgan fingerprint density at radius 3 is 2.09 bits per heavy atom. The van der Waals surface area contributed by atoms with E-state index >= 15 is 0 Å². The Morgan fingerprint density at radius 1 is 1.04 bits per heavy atom. The fraction of sp³-hybridized carbons (Fsp3) is 0.143. The third kappa shape index (κ3) is 4.20. The van der Waals surface area contributed by atoms with E-state index < -0.39 is 27.8 Å². The highest BCUT2D eigenvalue weighted by Gasteiger charge is 2.33. The highest BCUT2D eigenvalue weighted by molar-refractivity contribution is 7.90. The number of nitrogens with two attached hydrogens (primary N) is 1. The van der Waals surface area contributed by atoms with Crippen LogP contribution in [0, 0.1) is 12.7 Å². The van der Waals surface area contributed by atoms with E-state index in [-0.39, 0.29) is 11.3 Å². The summed E-state index contributed by atoms with van der Waals surface area (Å²) in [5.41, 5.74) is 0.0433. The van der Waals surface area contributed by atoms with Crippen LogP contribution >= 0.6 is 0 Å². The van der Waals surface area contributed by atoms with E-state index in [0.29, 0.717) is 17.2 Å². The fourth-order valence-corrected chi connectivity index (χ4v) is 2.57. The van der Waals surface area contributed by atoms with E-state index in [1.165, 1.54) is 18.2 Å². The molecule has 0 heterocycles. The van der Waals surface area contributed by atoms with Crippen LogP contribution in [0.5, 0.6) is 0 Å². The lowest BCUT2D eigenvalue weighted by atomic mass is 10.0. The molecule has 0 amide bonds. The Kier molecular flexibility index (Phi) is 4.36. The lowest BCUT2D eigenvalue weighted by Crippen LogP contribution is -2.22. The van der Waals surface area contributed by atoms with Gasteiger partial charge in [-0.1, -0.05) is 12.1 Å². The maximum atomic E-state index is 13.6. The molecule has 0 aliphatic carbocycles. The van der Waals surface area contributed by atoms with Gasteiger partial charge in [-0.25, -0.2) is 9.53 Å². The van der Waals surface area contributed by atoms with Crippen molar-refractivity contribution in [3.8, 4) is 11.1 Å². The van der Waals surface area contributed by atoms with E-state index in [0.717, 1.165) is 12.1 Å². The zero-order valence-electron chi connectivity index (χ0n) is 11.8. The van der Waals surface area contributed by atoms with Gasteiger partial charge in [0.05, 0.1) is 11.3 Å². The molecule has 0 saturated carbocycles.